The van der Waals surface area contributed by atoms with Gasteiger partial charge in [-0.05, 0) is 37.1 Å². The van der Waals surface area contributed by atoms with Crippen LogP contribution in [0.3, 0.4) is 0 Å². The molecule has 29 heavy (non-hydrogen) atoms. The molecule has 7 heteroatoms. The molecule has 0 unspecified atom stereocenters. The molecule has 7 nitrogen and oxygen atoms in total. The number of hydrogen-bond acceptors (Lipinski definition) is 5. The van der Waals surface area contributed by atoms with Crippen molar-refractivity contribution >= 4 is 22.9 Å². The molecule has 2 aromatic carbocycles. The Morgan fingerprint density at radius 3 is 2.55 bits per heavy atom. The van der Waals surface area contributed by atoms with Crippen LogP contribution in [0.1, 0.15) is 29.4 Å². The molecule has 3 rings (SSSR count). The fourth-order valence-corrected chi connectivity index (χ4v) is 3.41. The van der Waals surface area contributed by atoms with Gasteiger partial charge < -0.3 is 4.74 Å². The second kappa shape index (κ2) is 8.28. The first-order valence-corrected chi connectivity index (χ1v) is 9.23. The summed E-state index contributed by atoms with van der Waals surface area (Å²) < 4.78 is 7.05. The largest absolute Gasteiger partial charge is 0.496 e. The first-order chi connectivity index (χ1) is 13.9. The van der Waals surface area contributed by atoms with E-state index in [4.69, 9.17) is 14.9 Å². The fraction of sp³-hybridized carbons (Fsp3) is 0.227. The summed E-state index contributed by atoms with van der Waals surface area (Å²) in [6.07, 6.45) is 3.21. The van der Waals surface area contributed by atoms with E-state index >= 15 is 0 Å². The van der Waals surface area contributed by atoms with Crippen LogP contribution in [0.15, 0.2) is 41.2 Å². The Morgan fingerprint density at radius 1 is 1.28 bits per heavy atom. The van der Waals surface area contributed by atoms with Crippen molar-refractivity contribution in [1.82, 2.24) is 15.0 Å². The highest BCUT2D eigenvalue weighted by Crippen LogP contribution is 2.26. The number of fused-ring (bicyclic) bond motifs is 1. The zero-order chi connectivity index (χ0) is 21.1. The molecule has 1 amide bonds. The highest BCUT2D eigenvalue weighted by molar-refractivity contribution is 5.92. The summed E-state index contributed by atoms with van der Waals surface area (Å²) in [4.78, 5) is 29.6. The molecule has 0 aliphatic rings. The number of rotatable bonds is 5. The number of aromatic nitrogens is 2. The summed E-state index contributed by atoms with van der Waals surface area (Å²) in [5.74, 6) is 0.447. The molecule has 0 radical (unpaired) electrons. The van der Waals surface area contributed by atoms with Gasteiger partial charge in [0.1, 0.15) is 11.6 Å². The van der Waals surface area contributed by atoms with Crippen molar-refractivity contribution in [3.8, 4) is 11.4 Å². The van der Waals surface area contributed by atoms with E-state index in [-0.39, 0.29) is 5.56 Å². The van der Waals surface area contributed by atoms with Gasteiger partial charge in [-0.25, -0.2) is 10.5 Å². The van der Waals surface area contributed by atoms with Gasteiger partial charge in [-0.3, -0.25) is 19.4 Å². The summed E-state index contributed by atoms with van der Waals surface area (Å²) in [5, 5.41) is 9.09. The molecular formula is C22H23N3O4. The maximum atomic E-state index is 13.5. The van der Waals surface area contributed by atoms with E-state index in [9.17, 15) is 9.59 Å². The number of aryl methyl sites for hydroxylation is 3. The maximum Gasteiger partial charge on any atom is 0.267 e. The molecule has 0 bridgehead atoms. The molecule has 0 saturated heterocycles. The fourth-order valence-electron chi connectivity index (χ4n) is 3.41. The third-order valence-electron chi connectivity index (χ3n) is 4.79. The SMILES string of the molecule is CCc1nc2cc(OC)c(/C=C/C(=O)NO)cc2c(=O)n1-c1c(C)cccc1C. The third kappa shape index (κ3) is 3.77. The minimum atomic E-state index is -0.681. The lowest BCUT2D eigenvalue weighted by Crippen LogP contribution is -2.25. The van der Waals surface area contributed by atoms with Crippen LogP contribution in [-0.2, 0) is 11.2 Å². The molecule has 2 N–H and O–H groups in total. The lowest BCUT2D eigenvalue weighted by molar-refractivity contribution is -0.124. The molecule has 150 valence electrons. The number of para-hydroxylation sites is 1. The van der Waals surface area contributed by atoms with Crippen molar-refractivity contribution in [1.29, 1.82) is 0 Å². The van der Waals surface area contributed by atoms with E-state index in [0.29, 0.717) is 34.5 Å². The topological polar surface area (TPSA) is 93.5 Å². The van der Waals surface area contributed by atoms with Crippen molar-refractivity contribution in [2.24, 2.45) is 0 Å². The molecule has 0 fully saturated rings. The van der Waals surface area contributed by atoms with Crippen LogP contribution in [0.5, 0.6) is 5.75 Å². The Morgan fingerprint density at radius 2 is 1.97 bits per heavy atom. The van der Waals surface area contributed by atoms with Gasteiger partial charge in [-0.15, -0.1) is 0 Å². The average molecular weight is 393 g/mol. The Hall–Kier alpha value is -3.45. The summed E-state index contributed by atoms with van der Waals surface area (Å²) in [6, 6.07) is 9.22. The molecule has 0 saturated carbocycles. The number of nitrogens with one attached hydrogen (secondary N) is 1. The zero-order valence-corrected chi connectivity index (χ0v) is 16.8. The highest BCUT2D eigenvalue weighted by Gasteiger charge is 2.17. The van der Waals surface area contributed by atoms with Crippen LogP contribution < -0.4 is 15.8 Å². The summed E-state index contributed by atoms with van der Waals surface area (Å²) in [6.45, 7) is 5.89. The number of amides is 1. The molecule has 3 aromatic rings. The average Bonchev–Trinajstić information content (AvgIpc) is 2.72. The molecule has 1 aromatic heterocycles. The second-order valence-electron chi connectivity index (χ2n) is 6.68. The van der Waals surface area contributed by atoms with Crippen LogP contribution in [0.4, 0.5) is 0 Å². The Bertz CT molecular complexity index is 1160. The lowest BCUT2D eigenvalue weighted by Gasteiger charge is -2.17. The smallest absolute Gasteiger partial charge is 0.267 e. The van der Waals surface area contributed by atoms with Crippen molar-refractivity contribution in [2.75, 3.05) is 7.11 Å². The normalized spacial score (nSPS) is 11.2. The van der Waals surface area contributed by atoms with E-state index in [2.05, 4.69) is 0 Å². The molecule has 0 aliphatic heterocycles. The van der Waals surface area contributed by atoms with Gasteiger partial charge in [0.05, 0.1) is 23.7 Å². The maximum absolute atomic E-state index is 13.5. The van der Waals surface area contributed by atoms with Gasteiger partial charge in [0.15, 0.2) is 0 Å². The standard InChI is InChI=1S/C22H23N3O4/c1-5-19-23-17-12-18(29-4)15(9-10-20(26)24-28)11-16(17)22(27)25(19)21-13(2)7-6-8-14(21)3/h6-12,28H,5H2,1-4H3,(H,24,26)/b10-9+. The van der Waals surface area contributed by atoms with Gasteiger partial charge in [-0.1, -0.05) is 25.1 Å². The van der Waals surface area contributed by atoms with Crippen LogP contribution >= 0.6 is 0 Å². The lowest BCUT2D eigenvalue weighted by atomic mass is 10.1. The number of nitrogens with zero attached hydrogens (tertiary/aromatic N) is 2. The monoisotopic (exact) mass is 393 g/mol. The minimum Gasteiger partial charge on any atom is -0.496 e. The first kappa shape index (κ1) is 20.3. The van der Waals surface area contributed by atoms with Gasteiger partial charge in [0, 0.05) is 24.1 Å². The number of hydrogen-bond donors (Lipinski definition) is 2. The van der Waals surface area contributed by atoms with Crippen molar-refractivity contribution < 1.29 is 14.7 Å². The number of carbonyl (C=O) groups is 1. The van der Waals surface area contributed by atoms with E-state index in [1.54, 1.807) is 16.7 Å². The highest BCUT2D eigenvalue weighted by atomic mass is 16.5. The van der Waals surface area contributed by atoms with E-state index < -0.39 is 5.91 Å². The van der Waals surface area contributed by atoms with E-state index in [1.165, 1.54) is 18.7 Å². The van der Waals surface area contributed by atoms with Crippen LogP contribution in [-0.4, -0.2) is 27.8 Å². The number of hydroxylamine groups is 1. The second-order valence-corrected chi connectivity index (χ2v) is 6.68. The van der Waals surface area contributed by atoms with Gasteiger partial charge >= 0.3 is 0 Å². The van der Waals surface area contributed by atoms with Gasteiger partial charge in [0.25, 0.3) is 11.5 Å². The number of carbonyl (C=O) groups excluding carboxylic acids is 1. The van der Waals surface area contributed by atoms with Crippen LogP contribution in [0.25, 0.3) is 22.7 Å². The summed E-state index contributed by atoms with van der Waals surface area (Å²) >= 11 is 0. The number of benzene rings is 2. The predicted molar refractivity (Wildman–Crippen MR) is 112 cm³/mol. The van der Waals surface area contributed by atoms with Crippen molar-refractivity contribution in [2.45, 2.75) is 27.2 Å². The van der Waals surface area contributed by atoms with E-state index in [1.807, 2.05) is 39.0 Å². The van der Waals surface area contributed by atoms with Crippen molar-refractivity contribution in [3.63, 3.8) is 0 Å². The summed E-state index contributed by atoms with van der Waals surface area (Å²) in [7, 11) is 1.50. The first-order valence-electron chi connectivity index (χ1n) is 9.23. The van der Waals surface area contributed by atoms with Gasteiger partial charge in [-0.2, -0.15) is 0 Å². The summed E-state index contributed by atoms with van der Waals surface area (Å²) in [5.41, 5.74) is 5.19. The third-order valence-corrected chi connectivity index (χ3v) is 4.79. The number of methoxy groups -OCH3 is 1. The Balaban J connectivity index is 2.35. The predicted octanol–water partition coefficient (Wildman–Crippen LogP) is 3.09. The molecule has 0 aliphatic carbocycles. The molecule has 0 spiro atoms. The number of ether oxygens (including phenoxy) is 1. The molecule has 0 atom stereocenters. The van der Waals surface area contributed by atoms with Gasteiger partial charge in [0.2, 0.25) is 0 Å². The van der Waals surface area contributed by atoms with Crippen LogP contribution in [0, 0.1) is 13.8 Å². The van der Waals surface area contributed by atoms with Crippen molar-refractivity contribution in [3.05, 3.63) is 69.3 Å². The minimum absolute atomic E-state index is 0.187. The van der Waals surface area contributed by atoms with Crippen LogP contribution in [0.2, 0.25) is 0 Å². The Labute approximate surface area is 168 Å². The molecular weight excluding hydrogens is 370 g/mol. The quantitative estimate of drug-likeness (QED) is 0.395. The van der Waals surface area contributed by atoms with E-state index in [0.717, 1.165) is 22.9 Å². The zero-order valence-electron chi connectivity index (χ0n) is 16.8. The molecule has 1 heterocycles. The Kier molecular flexibility index (Phi) is 5.79.